The van der Waals surface area contributed by atoms with Crippen LogP contribution in [0.5, 0.6) is 0 Å². The molecule has 0 aromatic heterocycles. The molecule has 0 fully saturated rings. The van der Waals surface area contributed by atoms with Crippen LogP contribution in [0.25, 0.3) is 0 Å². The SMILES string of the molecule is C=CC=C(C)C(=O)OCCOC(=O)c1ccccc1. The van der Waals surface area contributed by atoms with Crippen molar-refractivity contribution < 1.29 is 19.1 Å². The summed E-state index contributed by atoms with van der Waals surface area (Å²) in [5.74, 6) is -0.884. The summed E-state index contributed by atoms with van der Waals surface area (Å²) < 4.78 is 9.87. The largest absolute Gasteiger partial charge is 0.459 e. The van der Waals surface area contributed by atoms with E-state index in [0.717, 1.165) is 0 Å². The summed E-state index contributed by atoms with van der Waals surface area (Å²) in [6.07, 6.45) is 3.06. The van der Waals surface area contributed by atoms with Crippen LogP contribution in [0.2, 0.25) is 0 Å². The summed E-state index contributed by atoms with van der Waals surface area (Å²) in [5.41, 5.74) is 0.918. The first-order valence-electron chi connectivity index (χ1n) is 5.83. The number of benzene rings is 1. The van der Waals surface area contributed by atoms with Gasteiger partial charge in [-0.3, -0.25) is 0 Å². The second-order valence-electron chi connectivity index (χ2n) is 3.72. The predicted octanol–water partition coefficient (Wildman–Crippen LogP) is 2.52. The average molecular weight is 260 g/mol. The van der Waals surface area contributed by atoms with Crippen molar-refractivity contribution in [3.8, 4) is 0 Å². The molecule has 0 heterocycles. The van der Waals surface area contributed by atoms with Gasteiger partial charge < -0.3 is 9.47 Å². The molecule has 0 aliphatic rings. The van der Waals surface area contributed by atoms with Crippen LogP contribution in [0.1, 0.15) is 17.3 Å². The summed E-state index contributed by atoms with van der Waals surface area (Å²) in [6.45, 7) is 5.16. The van der Waals surface area contributed by atoms with Crippen molar-refractivity contribution in [1.82, 2.24) is 0 Å². The van der Waals surface area contributed by atoms with E-state index >= 15 is 0 Å². The van der Waals surface area contributed by atoms with E-state index in [1.807, 2.05) is 6.07 Å². The first-order chi connectivity index (χ1) is 9.15. The standard InChI is InChI=1S/C15H16O4/c1-3-7-12(2)14(16)18-10-11-19-15(17)13-8-5-4-6-9-13/h3-9H,1,10-11H2,2H3. The molecule has 1 aromatic rings. The molecule has 0 saturated heterocycles. The topological polar surface area (TPSA) is 52.6 Å². The molecule has 0 saturated carbocycles. The van der Waals surface area contributed by atoms with E-state index in [0.29, 0.717) is 11.1 Å². The zero-order chi connectivity index (χ0) is 14.1. The predicted molar refractivity (Wildman–Crippen MR) is 71.6 cm³/mol. The highest BCUT2D eigenvalue weighted by molar-refractivity contribution is 5.89. The number of hydrogen-bond acceptors (Lipinski definition) is 4. The van der Waals surface area contributed by atoms with E-state index in [-0.39, 0.29) is 13.2 Å². The number of rotatable bonds is 6. The van der Waals surface area contributed by atoms with E-state index in [9.17, 15) is 9.59 Å². The highest BCUT2D eigenvalue weighted by atomic mass is 16.6. The number of esters is 2. The maximum atomic E-state index is 11.5. The van der Waals surface area contributed by atoms with E-state index in [4.69, 9.17) is 9.47 Å². The van der Waals surface area contributed by atoms with Crippen molar-refractivity contribution in [3.05, 3.63) is 60.2 Å². The number of ether oxygens (including phenoxy) is 2. The first kappa shape index (κ1) is 14.7. The van der Waals surface area contributed by atoms with E-state index in [1.54, 1.807) is 37.3 Å². The molecule has 0 unspecified atom stereocenters. The molecule has 0 bridgehead atoms. The normalized spacial score (nSPS) is 10.7. The second kappa shape index (κ2) is 7.87. The van der Waals surface area contributed by atoms with E-state index in [1.165, 1.54) is 6.08 Å². The highest BCUT2D eigenvalue weighted by Gasteiger charge is 2.07. The van der Waals surface area contributed by atoms with Gasteiger partial charge in [0, 0.05) is 5.57 Å². The maximum Gasteiger partial charge on any atom is 0.338 e. The highest BCUT2D eigenvalue weighted by Crippen LogP contribution is 2.01. The van der Waals surface area contributed by atoms with Gasteiger partial charge in [0.25, 0.3) is 0 Å². The van der Waals surface area contributed by atoms with Crippen LogP contribution in [0.15, 0.2) is 54.6 Å². The summed E-state index contributed by atoms with van der Waals surface area (Å²) in [4.78, 5) is 22.9. The third kappa shape index (κ3) is 5.21. The Morgan fingerprint density at radius 3 is 2.42 bits per heavy atom. The lowest BCUT2D eigenvalue weighted by Gasteiger charge is -2.06. The van der Waals surface area contributed by atoms with Crippen molar-refractivity contribution in [3.63, 3.8) is 0 Å². The number of carbonyl (C=O) groups excluding carboxylic acids is 2. The van der Waals surface area contributed by atoms with Crippen LogP contribution in [-0.2, 0) is 14.3 Å². The lowest BCUT2D eigenvalue weighted by Crippen LogP contribution is -2.14. The molecule has 4 heteroatoms. The van der Waals surface area contributed by atoms with Crippen molar-refractivity contribution in [2.24, 2.45) is 0 Å². The van der Waals surface area contributed by atoms with Crippen molar-refractivity contribution in [2.45, 2.75) is 6.92 Å². The minimum Gasteiger partial charge on any atom is -0.459 e. The van der Waals surface area contributed by atoms with Crippen molar-refractivity contribution in [1.29, 1.82) is 0 Å². The van der Waals surface area contributed by atoms with Crippen LogP contribution in [-0.4, -0.2) is 25.2 Å². The minimum absolute atomic E-state index is 0.0275. The second-order valence-corrected chi connectivity index (χ2v) is 3.72. The Labute approximate surface area is 112 Å². The van der Waals surface area contributed by atoms with Gasteiger partial charge in [-0.25, -0.2) is 9.59 Å². The Hall–Kier alpha value is -2.36. The minimum atomic E-state index is -0.448. The summed E-state index contributed by atoms with van der Waals surface area (Å²) in [5, 5.41) is 0. The van der Waals surface area contributed by atoms with Gasteiger partial charge in [-0.1, -0.05) is 36.9 Å². The Balaban J connectivity index is 2.28. The smallest absolute Gasteiger partial charge is 0.338 e. The third-order valence-electron chi connectivity index (χ3n) is 2.25. The average Bonchev–Trinajstić information content (AvgIpc) is 2.44. The third-order valence-corrected chi connectivity index (χ3v) is 2.25. The van der Waals surface area contributed by atoms with Gasteiger partial charge in [-0.2, -0.15) is 0 Å². The molecular weight excluding hydrogens is 244 g/mol. The molecule has 1 rings (SSSR count). The van der Waals surface area contributed by atoms with Crippen LogP contribution in [0, 0.1) is 0 Å². The molecule has 0 N–H and O–H groups in total. The fourth-order valence-electron chi connectivity index (χ4n) is 1.28. The number of allylic oxidation sites excluding steroid dienone is 2. The first-order valence-corrected chi connectivity index (χ1v) is 5.83. The van der Waals surface area contributed by atoms with Gasteiger partial charge in [-0.15, -0.1) is 0 Å². The molecule has 1 aromatic carbocycles. The Kier molecular flexibility index (Phi) is 6.09. The number of carbonyl (C=O) groups is 2. The quantitative estimate of drug-likeness (QED) is 0.341. The summed E-state index contributed by atoms with van der Waals surface area (Å²) in [7, 11) is 0. The van der Waals surface area contributed by atoms with E-state index < -0.39 is 11.9 Å². The monoisotopic (exact) mass is 260 g/mol. The molecule has 0 amide bonds. The fraction of sp³-hybridized carbons (Fsp3) is 0.200. The summed E-state index contributed by atoms with van der Waals surface area (Å²) in [6, 6.07) is 8.63. The molecule has 0 aliphatic carbocycles. The van der Waals surface area contributed by atoms with Gasteiger partial charge in [0.05, 0.1) is 5.56 Å². The Morgan fingerprint density at radius 1 is 1.16 bits per heavy atom. The van der Waals surface area contributed by atoms with Crippen LogP contribution < -0.4 is 0 Å². The molecule has 0 radical (unpaired) electrons. The number of hydrogen-bond donors (Lipinski definition) is 0. The molecule has 19 heavy (non-hydrogen) atoms. The zero-order valence-corrected chi connectivity index (χ0v) is 10.8. The maximum absolute atomic E-state index is 11.5. The lowest BCUT2D eigenvalue weighted by atomic mass is 10.2. The van der Waals surface area contributed by atoms with Gasteiger partial charge >= 0.3 is 11.9 Å². The summed E-state index contributed by atoms with van der Waals surface area (Å²) >= 11 is 0. The Morgan fingerprint density at radius 2 is 1.79 bits per heavy atom. The van der Waals surface area contributed by atoms with Gasteiger partial charge in [-0.05, 0) is 19.1 Å². The van der Waals surface area contributed by atoms with Crippen molar-refractivity contribution >= 4 is 11.9 Å². The van der Waals surface area contributed by atoms with E-state index in [2.05, 4.69) is 6.58 Å². The van der Waals surface area contributed by atoms with Crippen LogP contribution in [0.3, 0.4) is 0 Å². The zero-order valence-electron chi connectivity index (χ0n) is 10.8. The fourth-order valence-corrected chi connectivity index (χ4v) is 1.28. The molecule has 0 atom stereocenters. The van der Waals surface area contributed by atoms with Gasteiger partial charge in [0.1, 0.15) is 13.2 Å². The molecule has 100 valence electrons. The van der Waals surface area contributed by atoms with Gasteiger partial charge in [0.2, 0.25) is 0 Å². The molecular formula is C15H16O4. The molecule has 0 aliphatic heterocycles. The van der Waals surface area contributed by atoms with Crippen LogP contribution in [0.4, 0.5) is 0 Å². The molecule has 4 nitrogen and oxygen atoms in total. The molecule has 0 spiro atoms. The van der Waals surface area contributed by atoms with Gasteiger partial charge in [0.15, 0.2) is 0 Å². The van der Waals surface area contributed by atoms with Crippen molar-refractivity contribution in [2.75, 3.05) is 13.2 Å². The lowest BCUT2D eigenvalue weighted by molar-refractivity contribution is -0.140. The Bertz CT molecular complexity index is 474. The van der Waals surface area contributed by atoms with Crippen LogP contribution >= 0.6 is 0 Å².